The Morgan fingerprint density at radius 1 is 1.39 bits per heavy atom. The number of hydrogen-bond acceptors (Lipinski definition) is 3. The summed E-state index contributed by atoms with van der Waals surface area (Å²) < 4.78 is 19.2. The first kappa shape index (κ1) is 11.7. The molecule has 2 heterocycles. The first-order valence-electron chi connectivity index (χ1n) is 6.27. The van der Waals surface area contributed by atoms with Crippen molar-refractivity contribution in [3.8, 4) is 0 Å². The number of furan rings is 1. The third-order valence-electron chi connectivity index (χ3n) is 3.77. The first-order chi connectivity index (χ1) is 8.65. The van der Waals surface area contributed by atoms with E-state index in [0.29, 0.717) is 0 Å². The number of likely N-dealkylation sites (N-methyl/N-ethyl adjacent to an activating group) is 1. The molecule has 1 aromatic carbocycles. The Kier molecular flexibility index (Phi) is 2.84. The molecule has 1 fully saturated rings. The van der Waals surface area contributed by atoms with Crippen LogP contribution in [0.1, 0.15) is 24.4 Å². The maximum Gasteiger partial charge on any atom is 0.138 e. The third kappa shape index (κ3) is 1.91. The van der Waals surface area contributed by atoms with Crippen molar-refractivity contribution in [3.05, 3.63) is 35.8 Å². The Morgan fingerprint density at radius 3 is 3.00 bits per heavy atom. The molecular formula is C14H17FN2O. The summed E-state index contributed by atoms with van der Waals surface area (Å²) in [6.45, 7) is 0.837. The molecule has 96 valence electrons. The topological polar surface area (TPSA) is 42.4 Å². The van der Waals surface area contributed by atoms with Crippen molar-refractivity contribution in [3.63, 3.8) is 0 Å². The molecule has 2 atom stereocenters. The Bertz CT molecular complexity index is 566. The second-order valence-electron chi connectivity index (χ2n) is 5.13. The van der Waals surface area contributed by atoms with Crippen LogP contribution in [0.25, 0.3) is 11.0 Å². The van der Waals surface area contributed by atoms with Crippen LogP contribution in [0.2, 0.25) is 0 Å². The SMILES string of the molecule is CN1CC(N)CCC1c1cc(F)cc2ccoc12. The number of halogens is 1. The van der Waals surface area contributed by atoms with Gasteiger partial charge in [0.05, 0.1) is 6.26 Å². The van der Waals surface area contributed by atoms with Gasteiger partial charge in [-0.3, -0.25) is 4.90 Å². The minimum absolute atomic E-state index is 0.189. The van der Waals surface area contributed by atoms with E-state index >= 15 is 0 Å². The van der Waals surface area contributed by atoms with Gasteiger partial charge in [0, 0.05) is 29.6 Å². The third-order valence-corrected chi connectivity index (χ3v) is 3.77. The van der Waals surface area contributed by atoms with E-state index in [9.17, 15) is 4.39 Å². The van der Waals surface area contributed by atoms with Gasteiger partial charge in [0.1, 0.15) is 11.4 Å². The molecule has 0 amide bonds. The molecule has 18 heavy (non-hydrogen) atoms. The van der Waals surface area contributed by atoms with E-state index in [-0.39, 0.29) is 17.9 Å². The number of fused-ring (bicyclic) bond motifs is 1. The van der Waals surface area contributed by atoms with Gasteiger partial charge in [-0.25, -0.2) is 4.39 Å². The predicted molar refractivity (Wildman–Crippen MR) is 68.8 cm³/mol. The Hall–Kier alpha value is -1.39. The molecule has 3 nitrogen and oxygen atoms in total. The number of likely N-dealkylation sites (tertiary alicyclic amines) is 1. The molecule has 0 aliphatic carbocycles. The standard InChI is InChI=1S/C14H17FN2O/c1-17-8-11(16)2-3-13(17)12-7-10(15)6-9-4-5-18-14(9)12/h4-7,11,13H,2-3,8,16H2,1H3. The summed E-state index contributed by atoms with van der Waals surface area (Å²) in [6.07, 6.45) is 3.52. The number of piperidine rings is 1. The van der Waals surface area contributed by atoms with E-state index in [2.05, 4.69) is 4.90 Å². The minimum Gasteiger partial charge on any atom is -0.464 e. The normalized spacial score (nSPS) is 25.7. The second kappa shape index (κ2) is 4.37. The first-order valence-corrected chi connectivity index (χ1v) is 6.27. The Morgan fingerprint density at radius 2 is 2.22 bits per heavy atom. The van der Waals surface area contributed by atoms with E-state index in [1.165, 1.54) is 6.07 Å². The molecule has 4 heteroatoms. The molecule has 0 saturated carbocycles. The summed E-state index contributed by atoms with van der Waals surface area (Å²) in [7, 11) is 2.03. The molecule has 2 N–H and O–H groups in total. The van der Waals surface area contributed by atoms with Crippen molar-refractivity contribution in [2.45, 2.75) is 24.9 Å². The van der Waals surface area contributed by atoms with E-state index in [1.807, 2.05) is 7.05 Å². The largest absolute Gasteiger partial charge is 0.464 e. The quantitative estimate of drug-likeness (QED) is 0.843. The fourth-order valence-corrected chi connectivity index (χ4v) is 2.89. The van der Waals surface area contributed by atoms with Crippen molar-refractivity contribution >= 4 is 11.0 Å². The molecule has 2 unspecified atom stereocenters. The van der Waals surface area contributed by atoms with Crippen LogP contribution in [0.15, 0.2) is 28.9 Å². The predicted octanol–water partition coefficient (Wildman–Crippen LogP) is 2.67. The van der Waals surface area contributed by atoms with Gasteiger partial charge in [-0.05, 0) is 38.1 Å². The van der Waals surface area contributed by atoms with Crippen LogP contribution in [-0.2, 0) is 0 Å². The molecule has 2 aromatic rings. The highest BCUT2D eigenvalue weighted by molar-refractivity contribution is 5.80. The Balaban J connectivity index is 2.05. The fourth-order valence-electron chi connectivity index (χ4n) is 2.89. The minimum atomic E-state index is -0.206. The molecule has 0 bridgehead atoms. The summed E-state index contributed by atoms with van der Waals surface area (Å²) >= 11 is 0. The number of rotatable bonds is 1. The molecule has 0 spiro atoms. The van der Waals surface area contributed by atoms with Gasteiger partial charge in [-0.2, -0.15) is 0 Å². The molecular weight excluding hydrogens is 231 g/mol. The van der Waals surface area contributed by atoms with E-state index in [1.54, 1.807) is 18.4 Å². The lowest BCUT2D eigenvalue weighted by Gasteiger charge is -2.36. The van der Waals surface area contributed by atoms with Gasteiger partial charge in [-0.1, -0.05) is 0 Å². The average Bonchev–Trinajstić information content (AvgIpc) is 2.76. The summed E-state index contributed by atoms with van der Waals surface area (Å²) in [5.41, 5.74) is 7.68. The summed E-state index contributed by atoms with van der Waals surface area (Å²) in [5, 5.41) is 0.827. The maximum absolute atomic E-state index is 13.6. The lowest BCUT2D eigenvalue weighted by Crippen LogP contribution is -2.42. The lowest BCUT2D eigenvalue weighted by molar-refractivity contribution is 0.169. The average molecular weight is 248 g/mol. The van der Waals surface area contributed by atoms with Gasteiger partial charge in [0.2, 0.25) is 0 Å². The smallest absolute Gasteiger partial charge is 0.138 e. The fraction of sp³-hybridized carbons (Fsp3) is 0.429. The highest BCUT2D eigenvalue weighted by Gasteiger charge is 2.27. The van der Waals surface area contributed by atoms with Crippen LogP contribution in [0.5, 0.6) is 0 Å². The van der Waals surface area contributed by atoms with Crippen molar-refractivity contribution in [1.82, 2.24) is 4.90 Å². The number of nitrogens with two attached hydrogens (primary N) is 1. The monoisotopic (exact) mass is 248 g/mol. The highest BCUT2D eigenvalue weighted by Crippen LogP contribution is 2.34. The number of nitrogens with zero attached hydrogens (tertiary/aromatic N) is 1. The highest BCUT2D eigenvalue weighted by atomic mass is 19.1. The van der Waals surface area contributed by atoms with Crippen molar-refractivity contribution in [2.75, 3.05) is 13.6 Å². The molecule has 1 saturated heterocycles. The summed E-state index contributed by atoms with van der Waals surface area (Å²) in [5.74, 6) is -0.206. The van der Waals surface area contributed by atoms with E-state index < -0.39 is 0 Å². The van der Waals surface area contributed by atoms with Gasteiger partial charge < -0.3 is 10.2 Å². The number of hydrogen-bond donors (Lipinski definition) is 1. The van der Waals surface area contributed by atoms with Gasteiger partial charge >= 0.3 is 0 Å². The zero-order valence-electron chi connectivity index (χ0n) is 10.4. The molecule has 1 aliphatic rings. The second-order valence-corrected chi connectivity index (χ2v) is 5.13. The van der Waals surface area contributed by atoms with Crippen LogP contribution >= 0.6 is 0 Å². The van der Waals surface area contributed by atoms with Gasteiger partial charge in [0.25, 0.3) is 0 Å². The van der Waals surface area contributed by atoms with Crippen molar-refractivity contribution in [2.24, 2.45) is 5.73 Å². The summed E-state index contributed by atoms with van der Waals surface area (Å²) in [4.78, 5) is 2.19. The van der Waals surface area contributed by atoms with Crippen LogP contribution in [-0.4, -0.2) is 24.5 Å². The Labute approximate surface area is 105 Å². The van der Waals surface area contributed by atoms with Crippen LogP contribution in [0, 0.1) is 5.82 Å². The maximum atomic E-state index is 13.6. The van der Waals surface area contributed by atoms with E-state index in [0.717, 1.165) is 35.9 Å². The molecule has 1 aromatic heterocycles. The van der Waals surface area contributed by atoms with Crippen molar-refractivity contribution in [1.29, 1.82) is 0 Å². The summed E-state index contributed by atoms with van der Waals surface area (Å²) in [6, 6.07) is 5.30. The molecule has 1 aliphatic heterocycles. The van der Waals surface area contributed by atoms with Crippen molar-refractivity contribution < 1.29 is 8.81 Å². The zero-order valence-corrected chi connectivity index (χ0v) is 10.4. The lowest BCUT2D eigenvalue weighted by atomic mass is 9.92. The van der Waals surface area contributed by atoms with Gasteiger partial charge in [-0.15, -0.1) is 0 Å². The zero-order chi connectivity index (χ0) is 12.7. The van der Waals surface area contributed by atoms with Crippen LogP contribution in [0.4, 0.5) is 4.39 Å². The van der Waals surface area contributed by atoms with Crippen LogP contribution < -0.4 is 5.73 Å². The molecule has 3 rings (SSSR count). The molecule has 0 radical (unpaired) electrons. The van der Waals surface area contributed by atoms with Gasteiger partial charge in [0.15, 0.2) is 0 Å². The number of benzene rings is 1. The van der Waals surface area contributed by atoms with Crippen LogP contribution in [0.3, 0.4) is 0 Å². The van der Waals surface area contributed by atoms with E-state index in [4.69, 9.17) is 10.2 Å².